The fourth-order valence-corrected chi connectivity index (χ4v) is 2.90. The Morgan fingerprint density at radius 2 is 1.89 bits per heavy atom. The first-order chi connectivity index (χ1) is 13.5. The Hall–Kier alpha value is -3.13. The minimum absolute atomic E-state index is 0.0618. The Morgan fingerprint density at radius 1 is 1.18 bits per heavy atom. The highest BCUT2D eigenvalue weighted by Gasteiger charge is 2.14. The second-order valence-electron chi connectivity index (χ2n) is 6.78. The van der Waals surface area contributed by atoms with Gasteiger partial charge in [0, 0.05) is 12.1 Å². The van der Waals surface area contributed by atoms with Gasteiger partial charge in [0.15, 0.2) is 11.5 Å². The summed E-state index contributed by atoms with van der Waals surface area (Å²) < 4.78 is 11.3. The average molecular weight is 385 g/mol. The van der Waals surface area contributed by atoms with E-state index >= 15 is 0 Å². The van der Waals surface area contributed by atoms with E-state index in [0.717, 1.165) is 37.3 Å². The Bertz CT molecular complexity index is 831. The normalized spacial score (nSPS) is 15.0. The molecule has 1 heterocycles. The van der Waals surface area contributed by atoms with Crippen LogP contribution in [0.5, 0.6) is 11.5 Å². The zero-order chi connectivity index (χ0) is 19.9. The Morgan fingerprint density at radius 3 is 2.54 bits per heavy atom. The van der Waals surface area contributed by atoms with Gasteiger partial charge in [-0.25, -0.2) is 0 Å². The summed E-state index contributed by atoms with van der Waals surface area (Å²) in [6.45, 7) is 4.39. The monoisotopic (exact) mass is 385 g/mol. The van der Waals surface area contributed by atoms with Crippen LogP contribution in [0.25, 0.3) is 0 Å². The van der Waals surface area contributed by atoms with Crippen LogP contribution in [0.1, 0.15) is 11.1 Å². The molecule has 0 radical (unpaired) electrons. The fourth-order valence-electron chi connectivity index (χ4n) is 2.90. The number of nitrogens with one attached hydrogen (secondary N) is 1. The first-order valence-electron chi connectivity index (χ1n) is 9.19. The number of nitro groups is 1. The molecule has 0 bridgehead atoms. The summed E-state index contributed by atoms with van der Waals surface area (Å²) in [6.07, 6.45) is 1.84. The number of methoxy groups -OCH3 is 1. The van der Waals surface area contributed by atoms with Crippen LogP contribution in [0, 0.1) is 10.1 Å². The molecule has 1 aliphatic rings. The summed E-state index contributed by atoms with van der Waals surface area (Å²) in [6, 6.07) is 12.0. The molecule has 2 aromatic carbocycles. The van der Waals surface area contributed by atoms with Gasteiger partial charge in [0.25, 0.3) is 5.69 Å². The number of nitro benzene ring substituents is 1. The van der Waals surface area contributed by atoms with Crippen molar-refractivity contribution in [3.8, 4) is 11.5 Å². The largest absolute Gasteiger partial charge is 0.493 e. The predicted molar refractivity (Wildman–Crippen MR) is 106 cm³/mol. The number of quaternary nitrogens is 1. The minimum atomic E-state index is -0.419. The zero-order valence-electron chi connectivity index (χ0n) is 16.1. The van der Waals surface area contributed by atoms with E-state index in [0.29, 0.717) is 18.1 Å². The lowest BCUT2D eigenvalue weighted by Gasteiger charge is -2.27. The summed E-state index contributed by atoms with van der Waals surface area (Å²) in [4.78, 5) is 11.8. The summed E-state index contributed by atoms with van der Waals surface area (Å²) in [7, 11) is 3.79. The van der Waals surface area contributed by atoms with Crippen molar-refractivity contribution in [2.75, 3.05) is 40.3 Å². The SMILES string of the molecule is COc1cc(/C=N\N2CC[NH+](C)CC2)ccc1OCc1ccc([N+](=O)[O-])cc1. The number of hydrazone groups is 1. The highest BCUT2D eigenvalue weighted by atomic mass is 16.6. The maximum atomic E-state index is 10.7. The van der Waals surface area contributed by atoms with E-state index in [1.54, 1.807) is 19.2 Å². The maximum Gasteiger partial charge on any atom is 0.269 e. The summed E-state index contributed by atoms with van der Waals surface area (Å²) >= 11 is 0. The van der Waals surface area contributed by atoms with Crippen LogP contribution >= 0.6 is 0 Å². The number of nitrogens with zero attached hydrogens (tertiary/aromatic N) is 3. The number of ether oxygens (including phenoxy) is 2. The van der Waals surface area contributed by atoms with Gasteiger partial charge < -0.3 is 14.4 Å². The molecule has 3 rings (SSSR count). The van der Waals surface area contributed by atoms with Gasteiger partial charge in [-0.2, -0.15) is 5.10 Å². The molecule has 1 saturated heterocycles. The van der Waals surface area contributed by atoms with Crippen molar-refractivity contribution in [3.63, 3.8) is 0 Å². The third kappa shape index (κ3) is 5.20. The van der Waals surface area contributed by atoms with E-state index in [1.807, 2.05) is 24.4 Å². The Balaban J connectivity index is 1.61. The number of hydrogen-bond acceptors (Lipinski definition) is 6. The maximum absolute atomic E-state index is 10.7. The molecular formula is C20H25N4O4+. The Kier molecular flexibility index (Phi) is 6.44. The molecule has 0 aliphatic carbocycles. The molecule has 8 nitrogen and oxygen atoms in total. The summed E-state index contributed by atoms with van der Waals surface area (Å²) in [5.74, 6) is 1.23. The second-order valence-corrected chi connectivity index (χ2v) is 6.78. The van der Waals surface area contributed by atoms with Crippen LogP contribution in [0.4, 0.5) is 5.69 Å². The first-order valence-corrected chi connectivity index (χ1v) is 9.19. The van der Waals surface area contributed by atoms with Crippen LogP contribution in [-0.2, 0) is 6.61 Å². The molecule has 148 valence electrons. The van der Waals surface area contributed by atoms with Crippen molar-refractivity contribution >= 4 is 11.9 Å². The van der Waals surface area contributed by atoms with Gasteiger partial charge in [0.2, 0.25) is 0 Å². The van der Waals surface area contributed by atoms with Gasteiger partial charge in [-0.3, -0.25) is 15.1 Å². The van der Waals surface area contributed by atoms with E-state index < -0.39 is 4.92 Å². The topological polar surface area (TPSA) is 81.6 Å². The summed E-state index contributed by atoms with van der Waals surface area (Å²) in [5, 5.41) is 17.4. The van der Waals surface area contributed by atoms with Gasteiger partial charge in [-0.05, 0) is 41.5 Å². The fraction of sp³-hybridized carbons (Fsp3) is 0.350. The predicted octanol–water partition coefficient (Wildman–Crippen LogP) is 1.35. The van der Waals surface area contributed by atoms with Crippen LogP contribution in [0.3, 0.4) is 0 Å². The van der Waals surface area contributed by atoms with Crippen molar-refractivity contribution in [2.45, 2.75) is 6.61 Å². The number of likely N-dealkylation sites (N-methyl/N-ethyl adjacent to an activating group) is 1. The number of benzene rings is 2. The lowest BCUT2D eigenvalue weighted by Crippen LogP contribution is -3.11. The lowest BCUT2D eigenvalue weighted by molar-refractivity contribution is -0.884. The average Bonchev–Trinajstić information content (AvgIpc) is 2.72. The second kappa shape index (κ2) is 9.18. The number of piperazine rings is 1. The quantitative estimate of drug-likeness (QED) is 0.442. The van der Waals surface area contributed by atoms with E-state index in [9.17, 15) is 10.1 Å². The number of non-ortho nitro benzene ring substituents is 1. The van der Waals surface area contributed by atoms with Gasteiger partial charge in [-0.1, -0.05) is 0 Å². The molecule has 0 saturated carbocycles. The van der Waals surface area contributed by atoms with Gasteiger partial charge >= 0.3 is 0 Å². The van der Waals surface area contributed by atoms with E-state index in [4.69, 9.17) is 9.47 Å². The molecule has 1 aliphatic heterocycles. The van der Waals surface area contributed by atoms with Crippen LogP contribution in [0.2, 0.25) is 0 Å². The molecule has 0 unspecified atom stereocenters. The number of rotatable bonds is 7. The van der Waals surface area contributed by atoms with Crippen molar-refractivity contribution < 1.29 is 19.3 Å². The molecule has 0 atom stereocenters. The molecule has 28 heavy (non-hydrogen) atoms. The van der Waals surface area contributed by atoms with Gasteiger partial charge in [0.05, 0.1) is 51.5 Å². The first kappa shape index (κ1) is 19.6. The summed E-state index contributed by atoms with van der Waals surface area (Å²) in [5.41, 5.74) is 1.84. The molecule has 0 spiro atoms. The highest BCUT2D eigenvalue weighted by molar-refractivity contribution is 5.80. The van der Waals surface area contributed by atoms with Crippen molar-refractivity contribution in [2.24, 2.45) is 5.10 Å². The van der Waals surface area contributed by atoms with E-state index in [2.05, 4.69) is 17.2 Å². The zero-order valence-corrected chi connectivity index (χ0v) is 16.1. The van der Waals surface area contributed by atoms with E-state index in [1.165, 1.54) is 17.0 Å². The van der Waals surface area contributed by atoms with Crippen LogP contribution in [0.15, 0.2) is 47.6 Å². The molecule has 8 heteroatoms. The standard InChI is InChI=1S/C20H24N4O4/c1-22-9-11-23(12-10-22)21-14-17-5-8-19(20(13-17)27-2)28-15-16-3-6-18(7-4-16)24(25)26/h3-8,13-14H,9-12,15H2,1-2H3/p+1/b21-14-. The number of hydrogen-bond donors (Lipinski definition) is 1. The molecule has 0 aromatic heterocycles. The molecule has 1 N–H and O–H groups in total. The third-order valence-electron chi connectivity index (χ3n) is 4.69. The van der Waals surface area contributed by atoms with Crippen molar-refractivity contribution in [1.82, 2.24) is 5.01 Å². The Labute approximate surface area is 164 Å². The molecule has 0 amide bonds. The van der Waals surface area contributed by atoms with Crippen LogP contribution in [-0.4, -0.2) is 56.5 Å². The molecular weight excluding hydrogens is 360 g/mol. The smallest absolute Gasteiger partial charge is 0.269 e. The van der Waals surface area contributed by atoms with Gasteiger partial charge in [-0.15, -0.1) is 0 Å². The minimum Gasteiger partial charge on any atom is -0.493 e. The molecule has 1 fully saturated rings. The molecule has 2 aromatic rings. The van der Waals surface area contributed by atoms with Crippen molar-refractivity contribution in [3.05, 3.63) is 63.7 Å². The van der Waals surface area contributed by atoms with Gasteiger partial charge in [0.1, 0.15) is 6.61 Å². The van der Waals surface area contributed by atoms with E-state index in [-0.39, 0.29) is 5.69 Å². The third-order valence-corrected chi connectivity index (χ3v) is 4.69. The van der Waals surface area contributed by atoms with Crippen molar-refractivity contribution in [1.29, 1.82) is 0 Å². The van der Waals surface area contributed by atoms with Crippen LogP contribution < -0.4 is 14.4 Å². The highest BCUT2D eigenvalue weighted by Crippen LogP contribution is 2.28. The lowest BCUT2D eigenvalue weighted by atomic mass is 10.2.